The molecule has 0 N–H and O–H groups in total. The minimum atomic E-state index is -0.290. The minimum Gasteiger partial charge on any atom is -0.454 e. The molecule has 1 aromatic rings. The molecule has 0 bridgehead atoms. The molecular weight excluding hydrogens is 280 g/mol. The van der Waals surface area contributed by atoms with E-state index in [2.05, 4.69) is 13.8 Å². The first kappa shape index (κ1) is 14.9. The smallest absolute Gasteiger partial charge is 0.247 e. The Labute approximate surface area is 130 Å². The number of aliphatic imine (C=N–C) groups is 1. The normalized spacial score (nSPS) is 24.0. The topological polar surface area (TPSA) is 51.1 Å². The highest BCUT2D eigenvalue weighted by atomic mass is 16.7. The summed E-state index contributed by atoms with van der Waals surface area (Å²) in [4.78, 5) is 19.0. The monoisotopic (exact) mass is 302 g/mol. The zero-order valence-electron chi connectivity index (χ0n) is 13.5. The number of ether oxygens (including phenoxy) is 2. The molecule has 0 aromatic heterocycles. The molecular formula is C17H22N2O3. The van der Waals surface area contributed by atoms with Crippen LogP contribution in [-0.2, 0) is 4.79 Å². The lowest BCUT2D eigenvalue weighted by Gasteiger charge is -2.34. The second kappa shape index (κ2) is 5.63. The lowest BCUT2D eigenvalue weighted by atomic mass is 9.95. The van der Waals surface area contributed by atoms with Crippen LogP contribution in [0.15, 0.2) is 23.2 Å². The van der Waals surface area contributed by atoms with Gasteiger partial charge in [-0.25, -0.2) is 0 Å². The number of hydrogen-bond donors (Lipinski definition) is 0. The van der Waals surface area contributed by atoms with Gasteiger partial charge in [-0.2, -0.15) is 0 Å². The second-order valence-corrected chi connectivity index (χ2v) is 6.35. The third-order valence-electron chi connectivity index (χ3n) is 4.27. The Hall–Kier alpha value is -2.04. The van der Waals surface area contributed by atoms with Crippen LogP contribution in [0.3, 0.4) is 0 Å². The van der Waals surface area contributed by atoms with E-state index < -0.39 is 0 Å². The van der Waals surface area contributed by atoms with Crippen LogP contribution in [-0.4, -0.2) is 42.4 Å². The van der Waals surface area contributed by atoms with Crippen LogP contribution in [0.1, 0.15) is 32.8 Å². The highest BCUT2D eigenvalue weighted by Gasteiger charge is 2.34. The van der Waals surface area contributed by atoms with Gasteiger partial charge in [-0.15, -0.1) is 0 Å². The lowest BCUT2D eigenvalue weighted by Crippen LogP contribution is -2.50. The van der Waals surface area contributed by atoms with Crippen molar-refractivity contribution in [1.82, 2.24) is 4.90 Å². The van der Waals surface area contributed by atoms with Crippen LogP contribution < -0.4 is 9.47 Å². The molecule has 0 saturated carbocycles. The van der Waals surface area contributed by atoms with Crippen molar-refractivity contribution in [3.8, 4) is 11.5 Å². The highest BCUT2D eigenvalue weighted by Crippen LogP contribution is 2.34. The maximum Gasteiger partial charge on any atom is 0.247 e. The molecule has 1 aromatic carbocycles. The lowest BCUT2D eigenvalue weighted by molar-refractivity contribution is -0.133. The van der Waals surface area contributed by atoms with Crippen LogP contribution in [0.25, 0.3) is 0 Å². The van der Waals surface area contributed by atoms with Crippen LogP contribution >= 0.6 is 0 Å². The van der Waals surface area contributed by atoms with Gasteiger partial charge in [-0.3, -0.25) is 9.79 Å². The molecule has 0 spiro atoms. The number of carbonyl (C=O) groups is 1. The first-order valence-corrected chi connectivity index (χ1v) is 7.71. The van der Waals surface area contributed by atoms with E-state index in [0.717, 1.165) is 29.2 Å². The van der Waals surface area contributed by atoms with Crippen LogP contribution in [0.2, 0.25) is 0 Å². The molecule has 2 aliphatic rings. The molecule has 2 aliphatic heterocycles. The number of benzene rings is 1. The van der Waals surface area contributed by atoms with E-state index in [1.165, 1.54) is 0 Å². The molecule has 2 atom stereocenters. The summed E-state index contributed by atoms with van der Waals surface area (Å²) in [7, 11) is 1.85. The Balaban J connectivity index is 1.97. The minimum absolute atomic E-state index is 0.0451. The molecule has 22 heavy (non-hydrogen) atoms. The average molecular weight is 302 g/mol. The summed E-state index contributed by atoms with van der Waals surface area (Å²) in [5.74, 6) is 2.03. The van der Waals surface area contributed by atoms with Crippen molar-refractivity contribution in [1.29, 1.82) is 0 Å². The molecule has 3 rings (SSSR count). The van der Waals surface area contributed by atoms with Gasteiger partial charge in [-0.1, -0.05) is 13.8 Å². The van der Waals surface area contributed by atoms with Gasteiger partial charge in [0, 0.05) is 12.6 Å². The average Bonchev–Trinajstić information content (AvgIpc) is 2.95. The summed E-state index contributed by atoms with van der Waals surface area (Å²) in [5, 5.41) is 0. The van der Waals surface area contributed by atoms with Crippen molar-refractivity contribution in [3.05, 3.63) is 23.8 Å². The SMILES string of the molecule is CC(C)C[C@@H]1N=C(c2ccc3c(c2)OCO3)C(C)N(C)C1=O. The number of rotatable bonds is 3. The summed E-state index contributed by atoms with van der Waals surface area (Å²) in [6.45, 7) is 6.49. The fraction of sp³-hybridized carbons (Fsp3) is 0.529. The van der Waals surface area contributed by atoms with Gasteiger partial charge in [0.05, 0.1) is 11.8 Å². The summed E-state index contributed by atoms with van der Waals surface area (Å²) >= 11 is 0. The number of nitrogens with zero attached hydrogens (tertiary/aromatic N) is 2. The molecule has 118 valence electrons. The van der Waals surface area contributed by atoms with Gasteiger partial charge in [0.2, 0.25) is 12.7 Å². The van der Waals surface area contributed by atoms with Crippen molar-refractivity contribution < 1.29 is 14.3 Å². The maximum atomic E-state index is 12.4. The van der Waals surface area contributed by atoms with E-state index >= 15 is 0 Å². The maximum absolute atomic E-state index is 12.4. The predicted molar refractivity (Wildman–Crippen MR) is 84.6 cm³/mol. The summed E-state index contributed by atoms with van der Waals surface area (Å²) < 4.78 is 10.8. The zero-order valence-corrected chi connectivity index (χ0v) is 13.5. The van der Waals surface area contributed by atoms with Gasteiger partial charge in [0.1, 0.15) is 6.04 Å². The Kier molecular flexibility index (Phi) is 3.81. The molecule has 0 radical (unpaired) electrons. The van der Waals surface area contributed by atoms with Gasteiger partial charge < -0.3 is 14.4 Å². The fourth-order valence-corrected chi connectivity index (χ4v) is 2.91. The van der Waals surface area contributed by atoms with Gasteiger partial charge in [-0.05, 0) is 37.5 Å². The summed E-state index contributed by atoms with van der Waals surface area (Å²) in [5.41, 5.74) is 1.93. The van der Waals surface area contributed by atoms with Crippen molar-refractivity contribution in [2.24, 2.45) is 10.9 Å². The standard InChI is InChI=1S/C17H22N2O3/c1-10(2)7-13-17(20)19(4)11(3)16(18-13)12-5-6-14-15(8-12)22-9-21-14/h5-6,8,10-11,13H,7,9H2,1-4H3/t11?,13-/m0/s1. The fourth-order valence-electron chi connectivity index (χ4n) is 2.91. The number of likely N-dealkylation sites (N-methyl/N-ethyl adjacent to an activating group) is 1. The van der Waals surface area contributed by atoms with Crippen LogP contribution in [0.4, 0.5) is 0 Å². The first-order valence-electron chi connectivity index (χ1n) is 7.71. The molecule has 1 amide bonds. The quantitative estimate of drug-likeness (QED) is 0.862. The second-order valence-electron chi connectivity index (χ2n) is 6.35. The third kappa shape index (κ3) is 2.56. The Morgan fingerprint density at radius 3 is 2.77 bits per heavy atom. The highest BCUT2D eigenvalue weighted by molar-refractivity contribution is 6.09. The molecule has 2 heterocycles. The summed E-state index contributed by atoms with van der Waals surface area (Å²) in [6, 6.07) is 5.51. The van der Waals surface area contributed by atoms with Gasteiger partial charge >= 0.3 is 0 Å². The number of fused-ring (bicyclic) bond motifs is 1. The third-order valence-corrected chi connectivity index (χ3v) is 4.27. The zero-order chi connectivity index (χ0) is 15.9. The summed E-state index contributed by atoms with van der Waals surface area (Å²) in [6.07, 6.45) is 0.768. The Morgan fingerprint density at radius 1 is 1.32 bits per heavy atom. The Bertz CT molecular complexity index is 624. The van der Waals surface area contributed by atoms with Crippen molar-refractivity contribution >= 4 is 11.6 Å². The molecule has 5 heteroatoms. The van der Waals surface area contributed by atoms with Crippen molar-refractivity contribution in [2.75, 3.05) is 13.8 Å². The van der Waals surface area contributed by atoms with E-state index in [0.29, 0.717) is 5.92 Å². The first-order chi connectivity index (χ1) is 10.5. The van der Waals surface area contributed by atoms with E-state index in [1.807, 2.05) is 32.2 Å². The number of carbonyl (C=O) groups excluding carboxylic acids is 1. The molecule has 5 nitrogen and oxygen atoms in total. The molecule has 0 aliphatic carbocycles. The van der Waals surface area contributed by atoms with Gasteiger partial charge in [0.25, 0.3) is 0 Å². The molecule has 0 fully saturated rings. The molecule has 1 unspecified atom stereocenters. The molecule has 0 saturated heterocycles. The largest absolute Gasteiger partial charge is 0.454 e. The number of amides is 1. The van der Waals surface area contributed by atoms with Crippen LogP contribution in [0, 0.1) is 5.92 Å². The van der Waals surface area contributed by atoms with E-state index in [4.69, 9.17) is 14.5 Å². The van der Waals surface area contributed by atoms with E-state index in [1.54, 1.807) is 4.90 Å². The van der Waals surface area contributed by atoms with Crippen LogP contribution in [0.5, 0.6) is 11.5 Å². The Morgan fingerprint density at radius 2 is 2.05 bits per heavy atom. The van der Waals surface area contributed by atoms with Crippen molar-refractivity contribution in [2.45, 2.75) is 39.3 Å². The van der Waals surface area contributed by atoms with E-state index in [-0.39, 0.29) is 24.8 Å². The van der Waals surface area contributed by atoms with E-state index in [9.17, 15) is 4.79 Å². The van der Waals surface area contributed by atoms with Gasteiger partial charge in [0.15, 0.2) is 11.5 Å². The number of hydrogen-bond acceptors (Lipinski definition) is 4. The van der Waals surface area contributed by atoms with Crippen molar-refractivity contribution in [3.63, 3.8) is 0 Å². The predicted octanol–water partition coefficient (Wildman–Crippen LogP) is 2.48.